The standard InChI is InChI=1S/C27H18ClFN4O5/c28-17-10-9-15(13-20(17)33(37)38)30-25(34)24-22-21(23-16-6-2-1-5-14(16)11-12-31(23)24)26(35)32(27(22)36)19-8-4-3-7-18(19)29/h1-13,21-24H,(H,30,34)/t21-,22-,23+,24+/m0/s1. The van der Waals surface area contributed by atoms with Gasteiger partial charge in [-0.2, -0.15) is 0 Å². The number of hydrogen-bond donors (Lipinski definition) is 1. The number of nitro groups is 1. The molecule has 3 aromatic carbocycles. The van der Waals surface area contributed by atoms with Crippen LogP contribution in [0.1, 0.15) is 17.2 Å². The molecule has 3 heterocycles. The van der Waals surface area contributed by atoms with Crippen molar-refractivity contribution < 1.29 is 23.7 Å². The maximum atomic E-state index is 14.7. The van der Waals surface area contributed by atoms with E-state index in [1.807, 2.05) is 18.2 Å². The van der Waals surface area contributed by atoms with E-state index < -0.39 is 58.1 Å². The molecule has 9 nitrogen and oxygen atoms in total. The highest BCUT2D eigenvalue weighted by molar-refractivity contribution is 6.32. The van der Waals surface area contributed by atoms with Gasteiger partial charge in [0.1, 0.15) is 16.9 Å². The van der Waals surface area contributed by atoms with Crippen molar-refractivity contribution in [1.82, 2.24) is 4.90 Å². The Balaban J connectivity index is 1.43. The maximum absolute atomic E-state index is 14.7. The second-order valence-corrected chi connectivity index (χ2v) is 9.62. The SMILES string of the molecule is O=C(Nc1ccc(Cl)c([N+](=O)[O-])c1)[C@H]1[C@H]2C(=O)N(c3ccccc3F)C(=O)[C@@H]2[C@H]2c3ccccc3C=CN21. The molecule has 38 heavy (non-hydrogen) atoms. The molecule has 3 amide bonds. The molecule has 0 saturated carbocycles. The molecule has 3 aliphatic rings. The van der Waals surface area contributed by atoms with E-state index in [-0.39, 0.29) is 16.4 Å². The van der Waals surface area contributed by atoms with E-state index in [2.05, 4.69) is 5.32 Å². The zero-order valence-corrected chi connectivity index (χ0v) is 20.2. The number of carbonyl (C=O) groups excluding carboxylic acids is 3. The molecule has 1 N–H and O–H groups in total. The monoisotopic (exact) mass is 532 g/mol. The van der Waals surface area contributed by atoms with Crippen LogP contribution in [0.2, 0.25) is 5.02 Å². The fourth-order valence-electron chi connectivity index (χ4n) is 5.67. The Morgan fingerprint density at radius 2 is 1.71 bits per heavy atom. The number of nitro benzene ring substituents is 1. The Hall–Kier alpha value is -4.57. The van der Waals surface area contributed by atoms with Crippen LogP contribution < -0.4 is 10.2 Å². The van der Waals surface area contributed by atoms with Crippen molar-refractivity contribution in [1.29, 1.82) is 0 Å². The fourth-order valence-corrected chi connectivity index (χ4v) is 5.86. The van der Waals surface area contributed by atoms with Gasteiger partial charge in [0.05, 0.1) is 28.5 Å². The second kappa shape index (κ2) is 8.77. The first-order valence-electron chi connectivity index (χ1n) is 11.7. The largest absolute Gasteiger partial charge is 0.357 e. The molecule has 3 aliphatic heterocycles. The number of rotatable bonds is 4. The van der Waals surface area contributed by atoms with Crippen LogP contribution in [0, 0.1) is 27.8 Å². The van der Waals surface area contributed by atoms with E-state index in [1.165, 1.54) is 30.3 Å². The first-order valence-corrected chi connectivity index (χ1v) is 12.1. The van der Waals surface area contributed by atoms with Crippen LogP contribution in [0.25, 0.3) is 6.08 Å². The summed E-state index contributed by atoms with van der Waals surface area (Å²) in [5.41, 5.74) is 1.15. The third-order valence-electron chi connectivity index (χ3n) is 7.23. The first kappa shape index (κ1) is 23.8. The predicted octanol–water partition coefficient (Wildman–Crippen LogP) is 4.54. The van der Waals surface area contributed by atoms with Crippen LogP contribution in [0.4, 0.5) is 21.5 Å². The predicted molar refractivity (Wildman–Crippen MR) is 136 cm³/mol. The Bertz CT molecular complexity index is 1580. The Labute approximate surface area is 220 Å². The fraction of sp³-hybridized carbons (Fsp3) is 0.148. The van der Waals surface area contributed by atoms with Crippen molar-refractivity contribution in [3.8, 4) is 0 Å². The zero-order chi connectivity index (χ0) is 26.7. The summed E-state index contributed by atoms with van der Waals surface area (Å²) < 4.78 is 14.7. The molecule has 0 aliphatic carbocycles. The zero-order valence-electron chi connectivity index (χ0n) is 19.5. The van der Waals surface area contributed by atoms with Gasteiger partial charge < -0.3 is 10.2 Å². The van der Waals surface area contributed by atoms with Crippen molar-refractivity contribution >= 4 is 52.5 Å². The van der Waals surface area contributed by atoms with Gasteiger partial charge in [-0.15, -0.1) is 0 Å². The van der Waals surface area contributed by atoms with E-state index in [0.717, 1.165) is 28.2 Å². The molecule has 0 bridgehead atoms. The summed E-state index contributed by atoms with van der Waals surface area (Å²) in [6, 6.07) is 14.9. The van der Waals surface area contributed by atoms with E-state index in [9.17, 15) is 28.9 Å². The minimum Gasteiger partial charge on any atom is -0.357 e. The van der Waals surface area contributed by atoms with E-state index >= 15 is 0 Å². The van der Waals surface area contributed by atoms with Crippen molar-refractivity contribution in [3.63, 3.8) is 0 Å². The molecule has 0 aromatic heterocycles. The highest BCUT2D eigenvalue weighted by atomic mass is 35.5. The summed E-state index contributed by atoms with van der Waals surface area (Å²) in [7, 11) is 0. The maximum Gasteiger partial charge on any atom is 0.289 e. The highest BCUT2D eigenvalue weighted by Crippen LogP contribution is 2.53. The number of halogens is 2. The molecule has 0 spiro atoms. The number of anilines is 2. The Morgan fingerprint density at radius 3 is 2.47 bits per heavy atom. The average Bonchev–Trinajstić information content (AvgIpc) is 3.38. The van der Waals surface area contributed by atoms with Crippen LogP contribution in [-0.2, 0) is 14.4 Å². The van der Waals surface area contributed by atoms with E-state index in [0.29, 0.717) is 0 Å². The third-order valence-corrected chi connectivity index (χ3v) is 7.55. The number of fused-ring (bicyclic) bond motifs is 5. The van der Waals surface area contributed by atoms with Crippen LogP contribution in [-0.4, -0.2) is 33.6 Å². The van der Waals surface area contributed by atoms with Crippen LogP contribution >= 0.6 is 11.6 Å². The van der Waals surface area contributed by atoms with E-state index in [4.69, 9.17) is 11.6 Å². The summed E-state index contributed by atoms with van der Waals surface area (Å²) in [5.74, 6) is -4.73. The minimum atomic E-state index is -1.14. The summed E-state index contributed by atoms with van der Waals surface area (Å²) in [6.45, 7) is 0. The van der Waals surface area contributed by atoms with Gasteiger partial charge in [0.15, 0.2) is 0 Å². The lowest BCUT2D eigenvalue weighted by Gasteiger charge is -2.35. The molecule has 2 saturated heterocycles. The molecular weight excluding hydrogens is 515 g/mol. The molecule has 4 atom stereocenters. The Kier molecular flexibility index (Phi) is 5.50. The molecule has 2 fully saturated rings. The number of amides is 3. The molecule has 3 aromatic rings. The van der Waals surface area contributed by atoms with Gasteiger partial charge >= 0.3 is 0 Å². The van der Waals surface area contributed by atoms with E-state index in [1.54, 1.807) is 23.2 Å². The van der Waals surface area contributed by atoms with Gasteiger partial charge in [0.2, 0.25) is 17.7 Å². The van der Waals surface area contributed by atoms with Gasteiger partial charge in [-0.1, -0.05) is 48.0 Å². The lowest BCUT2D eigenvalue weighted by molar-refractivity contribution is -0.384. The van der Waals surface area contributed by atoms with Crippen molar-refractivity contribution in [3.05, 3.63) is 105 Å². The lowest BCUT2D eigenvalue weighted by atomic mass is 9.84. The number of para-hydroxylation sites is 1. The summed E-state index contributed by atoms with van der Waals surface area (Å²) in [6.07, 6.45) is 3.47. The number of benzene rings is 3. The number of hydrogen-bond acceptors (Lipinski definition) is 6. The number of imide groups is 1. The topological polar surface area (TPSA) is 113 Å². The van der Waals surface area contributed by atoms with Gasteiger partial charge in [-0.05, 0) is 41.5 Å². The van der Waals surface area contributed by atoms with Crippen molar-refractivity contribution in [2.45, 2.75) is 12.1 Å². The molecule has 190 valence electrons. The number of nitrogens with zero attached hydrogens (tertiary/aromatic N) is 3. The van der Waals surface area contributed by atoms with Crippen LogP contribution in [0.15, 0.2) is 72.9 Å². The lowest BCUT2D eigenvalue weighted by Crippen LogP contribution is -2.46. The van der Waals surface area contributed by atoms with Gasteiger partial charge in [0, 0.05) is 18.0 Å². The van der Waals surface area contributed by atoms with Crippen molar-refractivity contribution in [2.24, 2.45) is 11.8 Å². The van der Waals surface area contributed by atoms with Crippen molar-refractivity contribution in [2.75, 3.05) is 10.2 Å². The molecule has 6 rings (SSSR count). The number of nitrogens with one attached hydrogen (secondary N) is 1. The van der Waals surface area contributed by atoms with Gasteiger partial charge in [-0.25, -0.2) is 9.29 Å². The van der Waals surface area contributed by atoms with Crippen LogP contribution in [0.3, 0.4) is 0 Å². The summed E-state index contributed by atoms with van der Waals surface area (Å²) >= 11 is 5.90. The third kappa shape index (κ3) is 3.48. The quantitative estimate of drug-likeness (QED) is 0.300. The highest BCUT2D eigenvalue weighted by Gasteiger charge is 2.64. The Morgan fingerprint density at radius 1 is 1.00 bits per heavy atom. The second-order valence-electron chi connectivity index (χ2n) is 9.21. The van der Waals surface area contributed by atoms with Gasteiger partial charge in [-0.3, -0.25) is 24.5 Å². The first-order chi connectivity index (χ1) is 18.3. The average molecular weight is 533 g/mol. The van der Waals surface area contributed by atoms with Crippen LogP contribution in [0.5, 0.6) is 0 Å². The molecule has 11 heteroatoms. The summed E-state index contributed by atoms with van der Waals surface area (Å²) in [4.78, 5) is 54.4. The number of carbonyl (C=O) groups is 3. The summed E-state index contributed by atoms with van der Waals surface area (Å²) in [5, 5.41) is 13.9. The normalized spacial score (nSPS) is 23.2. The van der Waals surface area contributed by atoms with Gasteiger partial charge in [0.25, 0.3) is 5.69 Å². The minimum absolute atomic E-state index is 0.0957. The molecule has 0 radical (unpaired) electrons. The molecular formula is C27H18ClFN4O5. The smallest absolute Gasteiger partial charge is 0.289 e. The molecule has 0 unspecified atom stereocenters.